The predicted octanol–water partition coefficient (Wildman–Crippen LogP) is 0.652. The van der Waals surface area contributed by atoms with Crippen LogP contribution in [0.2, 0.25) is 0 Å². The maximum atomic E-state index is 12.0. The molecule has 1 unspecified atom stereocenters. The molecule has 2 rings (SSSR count). The maximum absolute atomic E-state index is 12.0. The summed E-state index contributed by atoms with van der Waals surface area (Å²) in [6, 6.07) is 7.38. The van der Waals surface area contributed by atoms with E-state index in [0.717, 1.165) is 18.5 Å². The Bertz CT molecular complexity index is 389. The lowest BCUT2D eigenvalue weighted by molar-refractivity contribution is -0.129. The van der Waals surface area contributed by atoms with Crippen LogP contribution in [-0.2, 0) is 11.2 Å². The number of amides is 1. The van der Waals surface area contributed by atoms with Crippen molar-refractivity contribution in [3.05, 3.63) is 29.8 Å². The predicted molar refractivity (Wildman–Crippen MR) is 66.3 cm³/mol. The van der Waals surface area contributed by atoms with Crippen LogP contribution in [-0.4, -0.2) is 35.6 Å². The van der Waals surface area contributed by atoms with Gasteiger partial charge in [0.15, 0.2) is 0 Å². The van der Waals surface area contributed by atoms with Gasteiger partial charge in [0.05, 0.1) is 6.42 Å². The zero-order valence-electron chi connectivity index (χ0n) is 9.80. The summed E-state index contributed by atoms with van der Waals surface area (Å²) in [5.41, 5.74) is 7.29. The van der Waals surface area contributed by atoms with Crippen LogP contribution in [0.3, 0.4) is 0 Å². The number of aliphatic hydroxyl groups is 1. The minimum Gasteiger partial charge on any atom is -0.399 e. The molecule has 1 aliphatic heterocycles. The number of hydrogen-bond acceptors (Lipinski definition) is 3. The van der Waals surface area contributed by atoms with Gasteiger partial charge in [-0.05, 0) is 24.1 Å². The quantitative estimate of drug-likeness (QED) is 0.755. The monoisotopic (exact) mass is 234 g/mol. The Morgan fingerprint density at radius 1 is 1.41 bits per heavy atom. The molecule has 1 fully saturated rings. The Kier molecular flexibility index (Phi) is 3.64. The lowest BCUT2D eigenvalue weighted by Gasteiger charge is -2.16. The summed E-state index contributed by atoms with van der Waals surface area (Å²) in [6.45, 7) is 1.62. The van der Waals surface area contributed by atoms with E-state index in [1.807, 2.05) is 29.2 Å². The molecule has 0 spiro atoms. The smallest absolute Gasteiger partial charge is 0.227 e. The molecule has 4 heteroatoms. The molecule has 0 radical (unpaired) electrons. The first-order valence-corrected chi connectivity index (χ1v) is 5.92. The van der Waals surface area contributed by atoms with Gasteiger partial charge in [-0.15, -0.1) is 0 Å². The first-order chi connectivity index (χ1) is 8.19. The van der Waals surface area contributed by atoms with Gasteiger partial charge in [-0.1, -0.05) is 12.1 Å². The molecule has 0 aromatic heterocycles. The molecule has 1 atom stereocenters. The third-order valence-electron chi connectivity index (χ3n) is 3.23. The van der Waals surface area contributed by atoms with E-state index in [4.69, 9.17) is 10.8 Å². The van der Waals surface area contributed by atoms with Crippen LogP contribution in [0.4, 0.5) is 5.69 Å². The molecule has 92 valence electrons. The second kappa shape index (κ2) is 5.19. The molecule has 1 amide bonds. The summed E-state index contributed by atoms with van der Waals surface area (Å²) >= 11 is 0. The molecule has 0 saturated carbocycles. The largest absolute Gasteiger partial charge is 0.399 e. The van der Waals surface area contributed by atoms with Gasteiger partial charge in [0.25, 0.3) is 0 Å². The fraction of sp³-hybridized carbons (Fsp3) is 0.462. The zero-order chi connectivity index (χ0) is 12.3. The minimum atomic E-state index is 0.130. The van der Waals surface area contributed by atoms with Crippen molar-refractivity contribution < 1.29 is 9.90 Å². The number of carbonyl (C=O) groups excluding carboxylic acids is 1. The van der Waals surface area contributed by atoms with Crippen LogP contribution in [0, 0.1) is 5.92 Å². The molecule has 1 heterocycles. The number of carbonyl (C=O) groups is 1. The molecule has 0 aliphatic carbocycles. The first kappa shape index (κ1) is 11.9. The van der Waals surface area contributed by atoms with Crippen molar-refractivity contribution in [3.63, 3.8) is 0 Å². The molecular weight excluding hydrogens is 216 g/mol. The van der Waals surface area contributed by atoms with Crippen molar-refractivity contribution in [1.82, 2.24) is 4.90 Å². The fourth-order valence-corrected chi connectivity index (χ4v) is 2.13. The first-order valence-electron chi connectivity index (χ1n) is 5.92. The Morgan fingerprint density at radius 3 is 2.71 bits per heavy atom. The number of hydrogen-bond donors (Lipinski definition) is 2. The van der Waals surface area contributed by atoms with E-state index in [1.165, 1.54) is 0 Å². The summed E-state index contributed by atoms with van der Waals surface area (Å²) < 4.78 is 0. The van der Waals surface area contributed by atoms with Crippen molar-refractivity contribution in [2.75, 3.05) is 25.4 Å². The number of likely N-dealkylation sites (tertiary alicyclic amines) is 1. The maximum Gasteiger partial charge on any atom is 0.227 e. The van der Waals surface area contributed by atoms with Crippen LogP contribution in [0.5, 0.6) is 0 Å². The lowest BCUT2D eigenvalue weighted by atomic mass is 10.1. The number of anilines is 1. The summed E-state index contributed by atoms with van der Waals surface area (Å²) in [6.07, 6.45) is 1.32. The summed E-state index contributed by atoms with van der Waals surface area (Å²) in [5, 5.41) is 9.03. The average molecular weight is 234 g/mol. The Labute approximate surface area is 101 Å². The SMILES string of the molecule is Nc1ccc(CC(=O)N2CCC(CO)C2)cc1. The minimum absolute atomic E-state index is 0.130. The van der Waals surface area contributed by atoms with Gasteiger partial charge < -0.3 is 15.7 Å². The van der Waals surface area contributed by atoms with Gasteiger partial charge in [-0.3, -0.25) is 4.79 Å². The van der Waals surface area contributed by atoms with Crippen LogP contribution in [0.25, 0.3) is 0 Å². The summed E-state index contributed by atoms with van der Waals surface area (Å²) in [7, 11) is 0. The molecule has 0 bridgehead atoms. The van der Waals surface area contributed by atoms with Gasteiger partial charge in [0, 0.05) is 31.3 Å². The average Bonchev–Trinajstić information content (AvgIpc) is 2.81. The molecule has 1 aromatic carbocycles. The number of nitrogens with zero attached hydrogens (tertiary/aromatic N) is 1. The highest BCUT2D eigenvalue weighted by Crippen LogP contribution is 2.17. The third-order valence-corrected chi connectivity index (χ3v) is 3.23. The Balaban J connectivity index is 1.91. The molecule has 17 heavy (non-hydrogen) atoms. The van der Waals surface area contributed by atoms with Crippen molar-refractivity contribution in [2.45, 2.75) is 12.8 Å². The van der Waals surface area contributed by atoms with Crippen molar-refractivity contribution >= 4 is 11.6 Å². The highest BCUT2D eigenvalue weighted by atomic mass is 16.3. The summed E-state index contributed by atoms with van der Waals surface area (Å²) in [4.78, 5) is 13.8. The number of benzene rings is 1. The van der Waals surface area contributed by atoms with Crippen LogP contribution in [0.15, 0.2) is 24.3 Å². The lowest BCUT2D eigenvalue weighted by Crippen LogP contribution is -2.30. The zero-order valence-corrected chi connectivity index (χ0v) is 9.80. The molecular formula is C13H18N2O2. The second-order valence-corrected chi connectivity index (χ2v) is 4.60. The van der Waals surface area contributed by atoms with Crippen LogP contribution >= 0.6 is 0 Å². The van der Waals surface area contributed by atoms with Gasteiger partial charge in [0.1, 0.15) is 0 Å². The highest BCUT2D eigenvalue weighted by molar-refractivity contribution is 5.79. The number of rotatable bonds is 3. The molecule has 1 aliphatic rings. The van der Waals surface area contributed by atoms with E-state index in [2.05, 4.69) is 0 Å². The van der Waals surface area contributed by atoms with E-state index in [1.54, 1.807) is 0 Å². The second-order valence-electron chi connectivity index (χ2n) is 4.60. The highest BCUT2D eigenvalue weighted by Gasteiger charge is 2.25. The van der Waals surface area contributed by atoms with Crippen LogP contribution < -0.4 is 5.73 Å². The van der Waals surface area contributed by atoms with E-state index in [9.17, 15) is 4.79 Å². The summed E-state index contributed by atoms with van der Waals surface area (Å²) in [5.74, 6) is 0.385. The van der Waals surface area contributed by atoms with Crippen molar-refractivity contribution in [3.8, 4) is 0 Å². The van der Waals surface area contributed by atoms with Crippen molar-refractivity contribution in [2.24, 2.45) is 5.92 Å². The van der Waals surface area contributed by atoms with E-state index < -0.39 is 0 Å². The van der Waals surface area contributed by atoms with E-state index in [-0.39, 0.29) is 18.4 Å². The Hall–Kier alpha value is -1.55. The number of nitrogens with two attached hydrogens (primary N) is 1. The Morgan fingerprint density at radius 2 is 2.12 bits per heavy atom. The standard InChI is InChI=1S/C13H18N2O2/c14-12-3-1-10(2-4-12)7-13(17)15-6-5-11(8-15)9-16/h1-4,11,16H,5-9,14H2. The molecule has 1 saturated heterocycles. The van der Waals surface area contributed by atoms with Gasteiger partial charge in [-0.2, -0.15) is 0 Å². The normalized spacial score (nSPS) is 19.6. The van der Waals surface area contributed by atoms with Crippen molar-refractivity contribution in [1.29, 1.82) is 0 Å². The molecule has 3 N–H and O–H groups in total. The number of aliphatic hydroxyl groups excluding tert-OH is 1. The van der Waals surface area contributed by atoms with E-state index >= 15 is 0 Å². The van der Waals surface area contributed by atoms with Gasteiger partial charge in [0.2, 0.25) is 5.91 Å². The molecule has 1 aromatic rings. The number of nitrogen functional groups attached to an aromatic ring is 1. The molecule has 4 nitrogen and oxygen atoms in total. The van der Waals surface area contributed by atoms with Gasteiger partial charge in [-0.25, -0.2) is 0 Å². The van der Waals surface area contributed by atoms with Gasteiger partial charge >= 0.3 is 0 Å². The van der Waals surface area contributed by atoms with E-state index in [0.29, 0.717) is 18.7 Å². The third kappa shape index (κ3) is 2.97. The van der Waals surface area contributed by atoms with Crippen LogP contribution in [0.1, 0.15) is 12.0 Å². The topological polar surface area (TPSA) is 66.6 Å². The fourth-order valence-electron chi connectivity index (χ4n) is 2.13.